The van der Waals surface area contributed by atoms with Gasteiger partial charge in [-0.15, -0.1) is 0 Å². The van der Waals surface area contributed by atoms with Gasteiger partial charge in [-0.25, -0.2) is 0 Å². The zero-order chi connectivity index (χ0) is 11.3. The van der Waals surface area contributed by atoms with E-state index in [1.807, 2.05) is 24.3 Å². The number of hydrogen-bond donors (Lipinski definition) is 2. The van der Waals surface area contributed by atoms with Crippen molar-refractivity contribution in [2.75, 3.05) is 6.54 Å². The zero-order valence-electron chi connectivity index (χ0n) is 9.20. The van der Waals surface area contributed by atoms with E-state index in [4.69, 9.17) is 16.7 Å². The fourth-order valence-electron chi connectivity index (χ4n) is 1.44. The van der Waals surface area contributed by atoms with Crippen molar-refractivity contribution >= 4 is 11.6 Å². The first-order chi connectivity index (χ1) is 7.11. The quantitative estimate of drug-likeness (QED) is 0.811. The molecule has 15 heavy (non-hydrogen) atoms. The van der Waals surface area contributed by atoms with Crippen molar-refractivity contribution in [1.29, 1.82) is 0 Å². The largest absolute Gasteiger partial charge is 0.393 e. The molecule has 0 bridgehead atoms. The number of halogens is 1. The predicted molar refractivity (Wildman–Crippen MR) is 64.2 cm³/mol. The van der Waals surface area contributed by atoms with E-state index in [2.05, 4.69) is 12.2 Å². The predicted octanol–water partition coefficient (Wildman–Crippen LogP) is 2.76. The summed E-state index contributed by atoms with van der Waals surface area (Å²) in [6.45, 7) is 4.66. The number of rotatable bonds is 5. The van der Waals surface area contributed by atoms with E-state index >= 15 is 0 Å². The van der Waals surface area contributed by atoms with Crippen molar-refractivity contribution in [2.45, 2.75) is 32.4 Å². The van der Waals surface area contributed by atoms with Crippen molar-refractivity contribution in [3.8, 4) is 0 Å². The van der Waals surface area contributed by atoms with Crippen LogP contribution in [0, 0.1) is 0 Å². The molecule has 3 heteroatoms. The van der Waals surface area contributed by atoms with Gasteiger partial charge in [0.15, 0.2) is 0 Å². The molecule has 2 nitrogen and oxygen atoms in total. The molecule has 0 aliphatic heterocycles. The third kappa shape index (κ3) is 4.20. The Morgan fingerprint density at radius 1 is 1.33 bits per heavy atom. The molecule has 0 aliphatic rings. The highest BCUT2D eigenvalue weighted by Gasteiger charge is 2.07. The lowest BCUT2D eigenvalue weighted by Gasteiger charge is -2.16. The number of benzene rings is 1. The Labute approximate surface area is 96.3 Å². The molecule has 0 unspecified atom stereocenters. The SMILES string of the molecule is C[C@@H](O)CCN[C@H](C)c1ccccc1Cl. The Bertz CT molecular complexity index is 301. The maximum atomic E-state index is 9.12. The topological polar surface area (TPSA) is 32.3 Å². The van der Waals surface area contributed by atoms with Crippen LogP contribution in [0.4, 0.5) is 0 Å². The minimum Gasteiger partial charge on any atom is -0.393 e. The minimum atomic E-state index is -0.254. The van der Waals surface area contributed by atoms with Gasteiger partial charge in [0.25, 0.3) is 0 Å². The third-order valence-electron chi connectivity index (χ3n) is 2.38. The van der Waals surface area contributed by atoms with Gasteiger partial charge in [-0.3, -0.25) is 0 Å². The summed E-state index contributed by atoms with van der Waals surface area (Å²) in [5, 5.41) is 13.2. The lowest BCUT2D eigenvalue weighted by molar-refractivity contribution is 0.182. The van der Waals surface area contributed by atoms with Crippen molar-refractivity contribution in [1.82, 2.24) is 5.32 Å². The summed E-state index contributed by atoms with van der Waals surface area (Å²) in [5.41, 5.74) is 1.10. The molecule has 1 rings (SSSR count). The minimum absolute atomic E-state index is 0.220. The summed E-state index contributed by atoms with van der Waals surface area (Å²) >= 11 is 6.07. The second-order valence-corrected chi connectivity index (χ2v) is 4.24. The Kier molecular flexibility index (Phi) is 5.09. The molecule has 0 spiro atoms. The van der Waals surface area contributed by atoms with Gasteiger partial charge in [0, 0.05) is 11.1 Å². The van der Waals surface area contributed by atoms with Crippen LogP contribution in [-0.2, 0) is 0 Å². The number of hydrogen-bond acceptors (Lipinski definition) is 2. The maximum Gasteiger partial charge on any atom is 0.0524 e. The van der Waals surface area contributed by atoms with Crippen molar-refractivity contribution in [2.24, 2.45) is 0 Å². The monoisotopic (exact) mass is 227 g/mol. The van der Waals surface area contributed by atoms with E-state index < -0.39 is 0 Å². The third-order valence-corrected chi connectivity index (χ3v) is 2.73. The van der Waals surface area contributed by atoms with Crippen LogP contribution in [0.1, 0.15) is 31.9 Å². The van der Waals surface area contributed by atoms with Crippen LogP contribution >= 0.6 is 11.6 Å². The lowest BCUT2D eigenvalue weighted by atomic mass is 10.1. The van der Waals surface area contributed by atoms with Gasteiger partial charge in [-0.1, -0.05) is 29.8 Å². The average Bonchev–Trinajstić information content (AvgIpc) is 2.17. The molecule has 0 radical (unpaired) electrons. The Morgan fingerprint density at radius 3 is 2.60 bits per heavy atom. The molecule has 0 saturated heterocycles. The molecule has 1 aromatic rings. The number of aliphatic hydroxyl groups is 1. The fourth-order valence-corrected chi connectivity index (χ4v) is 1.74. The van der Waals surface area contributed by atoms with Crippen molar-refractivity contribution in [3.05, 3.63) is 34.9 Å². The van der Waals surface area contributed by atoms with Gasteiger partial charge in [-0.2, -0.15) is 0 Å². The van der Waals surface area contributed by atoms with E-state index in [9.17, 15) is 0 Å². The fraction of sp³-hybridized carbons (Fsp3) is 0.500. The van der Waals surface area contributed by atoms with Crippen LogP contribution in [0.15, 0.2) is 24.3 Å². The van der Waals surface area contributed by atoms with Gasteiger partial charge in [0.2, 0.25) is 0 Å². The highest BCUT2D eigenvalue weighted by atomic mass is 35.5. The van der Waals surface area contributed by atoms with Crippen LogP contribution in [0.25, 0.3) is 0 Å². The highest BCUT2D eigenvalue weighted by molar-refractivity contribution is 6.31. The first-order valence-corrected chi connectivity index (χ1v) is 5.65. The molecule has 2 N–H and O–H groups in total. The molecular formula is C12H18ClNO. The highest BCUT2D eigenvalue weighted by Crippen LogP contribution is 2.21. The molecule has 0 heterocycles. The number of nitrogens with one attached hydrogen (secondary N) is 1. The molecule has 0 saturated carbocycles. The standard InChI is InChI=1S/C12H18ClNO/c1-9(15)7-8-14-10(2)11-5-3-4-6-12(11)13/h3-6,9-10,14-15H,7-8H2,1-2H3/t9-,10-/m1/s1. The average molecular weight is 228 g/mol. The first kappa shape index (κ1) is 12.5. The molecule has 2 atom stereocenters. The summed E-state index contributed by atoms with van der Waals surface area (Å²) in [6, 6.07) is 8.03. The van der Waals surface area contributed by atoms with Crippen LogP contribution in [0.2, 0.25) is 5.02 Å². The molecule has 0 amide bonds. The van der Waals surface area contributed by atoms with E-state index in [0.717, 1.165) is 23.6 Å². The number of aliphatic hydroxyl groups excluding tert-OH is 1. The van der Waals surface area contributed by atoms with Gasteiger partial charge in [0.05, 0.1) is 6.10 Å². The van der Waals surface area contributed by atoms with Gasteiger partial charge in [-0.05, 0) is 38.4 Å². The van der Waals surface area contributed by atoms with Crippen LogP contribution in [-0.4, -0.2) is 17.8 Å². The smallest absolute Gasteiger partial charge is 0.0524 e. The zero-order valence-corrected chi connectivity index (χ0v) is 9.96. The summed E-state index contributed by atoms with van der Waals surface area (Å²) in [4.78, 5) is 0. The normalized spacial score (nSPS) is 14.9. The Balaban J connectivity index is 2.47. The molecule has 1 aromatic carbocycles. The summed E-state index contributed by atoms with van der Waals surface area (Å²) in [6.07, 6.45) is 0.505. The second kappa shape index (κ2) is 6.11. The van der Waals surface area contributed by atoms with Crippen molar-refractivity contribution < 1.29 is 5.11 Å². The van der Waals surface area contributed by atoms with Gasteiger partial charge < -0.3 is 10.4 Å². The molecule has 0 fully saturated rings. The van der Waals surface area contributed by atoms with Crippen LogP contribution in [0.3, 0.4) is 0 Å². The molecule has 84 valence electrons. The lowest BCUT2D eigenvalue weighted by Crippen LogP contribution is -2.22. The second-order valence-electron chi connectivity index (χ2n) is 3.84. The van der Waals surface area contributed by atoms with E-state index in [-0.39, 0.29) is 12.1 Å². The molecule has 0 aliphatic carbocycles. The summed E-state index contributed by atoms with van der Waals surface area (Å²) in [7, 11) is 0. The molecular weight excluding hydrogens is 210 g/mol. The Morgan fingerprint density at radius 2 is 2.00 bits per heavy atom. The van der Waals surface area contributed by atoms with Gasteiger partial charge >= 0.3 is 0 Å². The van der Waals surface area contributed by atoms with E-state index in [0.29, 0.717) is 0 Å². The first-order valence-electron chi connectivity index (χ1n) is 5.27. The van der Waals surface area contributed by atoms with Crippen molar-refractivity contribution in [3.63, 3.8) is 0 Å². The Hall–Kier alpha value is -0.570. The van der Waals surface area contributed by atoms with E-state index in [1.165, 1.54) is 0 Å². The van der Waals surface area contributed by atoms with Crippen LogP contribution < -0.4 is 5.32 Å². The van der Waals surface area contributed by atoms with Gasteiger partial charge in [0.1, 0.15) is 0 Å². The summed E-state index contributed by atoms with van der Waals surface area (Å²) in [5.74, 6) is 0. The summed E-state index contributed by atoms with van der Waals surface area (Å²) < 4.78 is 0. The van der Waals surface area contributed by atoms with E-state index in [1.54, 1.807) is 6.92 Å². The maximum absolute atomic E-state index is 9.12. The van der Waals surface area contributed by atoms with Crippen LogP contribution in [0.5, 0.6) is 0 Å². The molecule has 0 aromatic heterocycles.